The predicted molar refractivity (Wildman–Crippen MR) is 63.7 cm³/mol. The van der Waals surface area contributed by atoms with Crippen LogP contribution in [-0.4, -0.2) is 9.97 Å². The van der Waals surface area contributed by atoms with Gasteiger partial charge in [0, 0.05) is 37.4 Å². The average molecular weight is 213 g/mol. The van der Waals surface area contributed by atoms with Crippen molar-refractivity contribution in [2.45, 2.75) is 19.5 Å². The van der Waals surface area contributed by atoms with Crippen molar-refractivity contribution in [2.75, 3.05) is 0 Å². The third-order valence-electron chi connectivity index (χ3n) is 2.54. The number of rotatable bonds is 4. The summed E-state index contributed by atoms with van der Waals surface area (Å²) < 4.78 is 0. The monoisotopic (exact) mass is 213 g/mol. The fraction of sp³-hybridized carbons (Fsp3) is 0.231. The van der Waals surface area contributed by atoms with Crippen LogP contribution in [0, 0.1) is 0 Å². The molecule has 1 N–H and O–H groups in total. The van der Waals surface area contributed by atoms with Crippen LogP contribution in [0.4, 0.5) is 0 Å². The van der Waals surface area contributed by atoms with E-state index in [1.54, 1.807) is 6.20 Å². The summed E-state index contributed by atoms with van der Waals surface area (Å²) >= 11 is 0. The molecular weight excluding hydrogens is 198 g/mol. The van der Waals surface area contributed by atoms with Gasteiger partial charge in [-0.25, -0.2) is 0 Å². The number of hydrogen-bond donors (Lipinski definition) is 1. The molecule has 0 aliphatic carbocycles. The van der Waals surface area contributed by atoms with Crippen molar-refractivity contribution in [1.29, 1.82) is 0 Å². The predicted octanol–water partition coefficient (Wildman–Crippen LogP) is 2.33. The molecule has 0 saturated heterocycles. The standard InChI is InChI=1S/C13H15N3/c1-11(13-4-7-14-8-5-13)16-10-12-3-2-6-15-9-12/h2-9,11,16H,10H2,1H3/t11-/m0/s1. The van der Waals surface area contributed by atoms with Gasteiger partial charge in [-0.3, -0.25) is 9.97 Å². The molecule has 1 atom stereocenters. The van der Waals surface area contributed by atoms with Crippen molar-refractivity contribution in [3.63, 3.8) is 0 Å². The van der Waals surface area contributed by atoms with E-state index in [0.29, 0.717) is 6.04 Å². The van der Waals surface area contributed by atoms with Gasteiger partial charge in [0.1, 0.15) is 0 Å². The zero-order chi connectivity index (χ0) is 11.2. The lowest BCUT2D eigenvalue weighted by Crippen LogP contribution is -2.18. The Morgan fingerprint density at radius 3 is 2.62 bits per heavy atom. The van der Waals surface area contributed by atoms with E-state index in [0.717, 1.165) is 6.54 Å². The van der Waals surface area contributed by atoms with Gasteiger partial charge < -0.3 is 5.32 Å². The number of hydrogen-bond acceptors (Lipinski definition) is 3. The molecule has 0 aliphatic rings. The number of nitrogens with zero attached hydrogens (tertiary/aromatic N) is 2. The van der Waals surface area contributed by atoms with E-state index in [4.69, 9.17) is 0 Å². The summed E-state index contributed by atoms with van der Waals surface area (Å²) in [6, 6.07) is 8.40. The first-order chi connectivity index (χ1) is 7.86. The topological polar surface area (TPSA) is 37.8 Å². The van der Waals surface area contributed by atoms with Crippen LogP contribution in [-0.2, 0) is 6.54 Å². The van der Waals surface area contributed by atoms with E-state index in [-0.39, 0.29) is 0 Å². The molecule has 0 fully saturated rings. The zero-order valence-corrected chi connectivity index (χ0v) is 9.30. The quantitative estimate of drug-likeness (QED) is 0.847. The van der Waals surface area contributed by atoms with E-state index >= 15 is 0 Å². The van der Waals surface area contributed by atoms with Crippen molar-refractivity contribution in [2.24, 2.45) is 0 Å². The maximum Gasteiger partial charge on any atom is 0.0312 e. The molecule has 0 unspecified atom stereocenters. The second kappa shape index (κ2) is 5.37. The van der Waals surface area contributed by atoms with Crippen LogP contribution in [0.3, 0.4) is 0 Å². The van der Waals surface area contributed by atoms with Crippen molar-refractivity contribution in [3.8, 4) is 0 Å². The number of aromatic nitrogens is 2. The van der Waals surface area contributed by atoms with Crippen LogP contribution in [0.15, 0.2) is 49.1 Å². The van der Waals surface area contributed by atoms with Crippen LogP contribution >= 0.6 is 0 Å². The van der Waals surface area contributed by atoms with E-state index in [1.807, 2.05) is 36.8 Å². The largest absolute Gasteiger partial charge is 0.306 e. The normalized spacial score (nSPS) is 12.3. The molecule has 3 nitrogen and oxygen atoms in total. The van der Waals surface area contributed by atoms with Crippen molar-refractivity contribution >= 4 is 0 Å². The summed E-state index contributed by atoms with van der Waals surface area (Å²) in [5.74, 6) is 0. The van der Waals surface area contributed by atoms with Crippen LogP contribution in [0.25, 0.3) is 0 Å². The van der Waals surface area contributed by atoms with Gasteiger partial charge in [-0.15, -0.1) is 0 Å². The van der Waals surface area contributed by atoms with Crippen LogP contribution in [0.1, 0.15) is 24.1 Å². The molecule has 2 aromatic heterocycles. The third-order valence-corrected chi connectivity index (χ3v) is 2.54. The Hall–Kier alpha value is -1.74. The maximum absolute atomic E-state index is 4.09. The minimum atomic E-state index is 0.322. The molecule has 0 radical (unpaired) electrons. The second-order valence-electron chi connectivity index (χ2n) is 3.74. The fourth-order valence-electron chi connectivity index (χ4n) is 1.54. The van der Waals surface area contributed by atoms with Crippen molar-refractivity contribution in [3.05, 3.63) is 60.2 Å². The highest BCUT2D eigenvalue weighted by Gasteiger charge is 2.03. The first-order valence-electron chi connectivity index (χ1n) is 5.38. The van der Waals surface area contributed by atoms with Crippen molar-refractivity contribution < 1.29 is 0 Å². The molecule has 2 heterocycles. The van der Waals surface area contributed by atoms with Gasteiger partial charge in [0.25, 0.3) is 0 Å². The summed E-state index contributed by atoms with van der Waals surface area (Å²) in [6.07, 6.45) is 7.30. The molecule has 2 rings (SSSR count). The summed E-state index contributed by atoms with van der Waals surface area (Å²) in [5.41, 5.74) is 2.45. The Balaban J connectivity index is 1.92. The lowest BCUT2D eigenvalue weighted by atomic mass is 10.1. The molecular formula is C13H15N3. The molecule has 82 valence electrons. The summed E-state index contributed by atoms with van der Waals surface area (Å²) in [7, 11) is 0. The molecule has 3 heteroatoms. The van der Waals surface area contributed by atoms with Gasteiger partial charge in [0.2, 0.25) is 0 Å². The van der Waals surface area contributed by atoms with E-state index in [2.05, 4.69) is 28.3 Å². The Morgan fingerprint density at radius 1 is 1.12 bits per heavy atom. The van der Waals surface area contributed by atoms with Gasteiger partial charge >= 0.3 is 0 Å². The number of nitrogens with one attached hydrogen (secondary N) is 1. The lowest BCUT2D eigenvalue weighted by molar-refractivity contribution is 0.573. The lowest BCUT2D eigenvalue weighted by Gasteiger charge is -2.13. The van der Waals surface area contributed by atoms with Gasteiger partial charge in [-0.2, -0.15) is 0 Å². The molecule has 2 aromatic rings. The van der Waals surface area contributed by atoms with Crippen LogP contribution < -0.4 is 5.32 Å². The summed E-state index contributed by atoms with van der Waals surface area (Å²) in [5, 5.41) is 3.45. The van der Waals surface area contributed by atoms with Gasteiger partial charge in [0.05, 0.1) is 0 Å². The molecule has 0 amide bonds. The Bertz CT molecular complexity index is 414. The molecule has 16 heavy (non-hydrogen) atoms. The van der Waals surface area contributed by atoms with Crippen LogP contribution in [0.2, 0.25) is 0 Å². The van der Waals surface area contributed by atoms with Crippen molar-refractivity contribution in [1.82, 2.24) is 15.3 Å². The molecule has 0 spiro atoms. The second-order valence-corrected chi connectivity index (χ2v) is 3.74. The van der Waals surface area contributed by atoms with Gasteiger partial charge in [0.15, 0.2) is 0 Å². The third kappa shape index (κ3) is 2.87. The van der Waals surface area contributed by atoms with Gasteiger partial charge in [-0.1, -0.05) is 6.07 Å². The maximum atomic E-state index is 4.09. The Labute approximate surface area is 95.6 Å². The minimum absolute atomic E-state index is 0.322. The highest BCUT2D eigenvalue weighted by Crippen LogP contribution is 2.10. The Kier molecular flexibility index (Phi) is 3.62. The summed E-state index contributed by atoms with van der Waals surface area (Å²) in [4.78, 5) is 8.09. The Morgan fingerprint density at radius 2 is 1.94 bits per heavy atom. The van der Waals surface area contributed by atoms with E-state index < -0.39 is 0 Å². The van der Waals surface area contributed by atoms with E-state index in [1.165, 1.54) is 11.1 Å². The smallest absolute Gasteiger partial charge is 0.0312 e. The minimum Gasteiger partial charge on any atom is -0.306 e. The van der Waals surface area contributed by atoms with E-state index in [9.17, 15) is 0 Å². The first-order valence-corrected chi connectivity index (χ1v) is 5.38. The zero-order valence-electron chi connectivity index (χ0n) is 9.30. The highest BCUT2D eigenvalue weighted by atomic mass is 14.9. The summed E-state index contributed by atoms with van der Waals surface area (Å²) in [6.45, 7) is 2.98. The highest BCUT2D eigenvalue weighted by molar-refractivity contribution is 5.15. The molecule has 0 aliphatic heterocycles. The average Bonchev–Trinajstić information content (AvgIpc) is 2.38. The molecule has 0 saturated carbocycles. The first kappa shape index (κ1) is 10.8. The molecule has 0 aromatic carbocycles. The number of pyridine rings is 2. The fourth-order valence-corrected chi connectivity index (χ4v) is 1.54. The SMILES string of the molecule is C[C@H](NCc1cccnc1)c1ccncc1. The molecule has 0 bridgehead atoms. The van der Waals surface area contributed by atoms with Gasteiger partial charge in [-0.05, 0) is 36.2 Å². The van der Waals surface area contributed by atoms with Crippen LogP contribution in [0.5, 0.6) is 0 Å².